The maximum Gasteiger partial charge on any atom is 0.325 e. The van der Waals surface area contributed by atoms with Gasteiger partial charge >= 0.3 is 6.03 Å². The second-order valence-electron chi connectivity index (χ2n) is 10.3. The Morgan fingerprint density at radius 3 is 2.49 bits per heavy atom. The molecule has 0 radical (unpaired) electrons. The highest BCUT2D eigenvalue weighted by atomic mass is 32.1. The van der Waals surface area contributed by atoms with Crippen LogP contribution in [-0.2, 0) is 10.2 Å². The van der Waals surface area contributed by atoms with Gasteiger partial charge in [-0.05, 0) is 41.8 Å². The average Bonchev–Trinajstić information content (AvgIpc) is 3.61. The predicted octanol–water partition coefficient (Wildman–Crippen LogP) is 5.04. The van der Waals surface area contributed by atoms with Gasteiger partial charge in [-0.15, -0.1) is 16.4 Å². The van der Waals surface area contributed by atoms with Gasteiger partial charge in [0.1, 0.15) is 18.1 Å². The molecule has 2 aromatic carbocycles. The van der Waals surface area contributed by atoms with Gasteiger partial charge in [-0.25, -0.2) is 14.5 Å². The Balaban J connectivity index is 1.13. The Morgan fingerprint density at radius 1 is 1.05 bits per heavy atom. The molecule has 1 aliphatic rings. The third kappa shape index (κ3) is 7.20. The minimum Gasteiger partial charge on any atom is -0.492 e. The van der Waals surface area contributed by atoms with Crippen LogP contribution in [0.25, 0.3) is 16.9 Å². The van der Waals surface area contributed by atoms with Crippen molar-refractivity contribution < 1.29 is 14.3 Å². The van der Waals surface area contributed by atoms with Gasteiger partial charge in [0, 0.05) is 42.0 Å². The number of carbonyl (C=O) groups is 1. The van der Waals surface area contributed by atoms with E-state index >= 15 is 0 Å². The normalized spacial score (nSPS) is 14.2. The molecule has 0 spiro atoms. The molecular weight excluding hydrogens is 514 g/mol. The molecule has 204 valence electrons. The molecular formula is C28H33N7O3S. The fourth-order valence-corrected chi connectivity index (χ4v) is 4.87. The minimum atomic E-state index is -0.336. The maximum atomic E-state index is 12.4. The second kappa shape index (κ2) is 11.9. The topological polar surface area (TPSA) is 106 Å². The highest BCUT2D eigenvalue weighted by molar-refractivity contribution is 7.15. The minimum absolute atomic E-state index is 0.00715. The molecule has 0 bridgehead atoms. The molecule has 3 heterocycles. The number of hydrogen-bond acceptors (Lipinski definition) is 8. The number of hydrogen-bond donors (Lipinski definition) is 2. The Hall–Kier alpha value is -3.80. The quantitative estimate of drug-likeness (QED) is 0.318. The molecule has 0 atom stereocenters. The van der Waals surface area contributed by atoms with E-state index in [1.54, 1.807) is 10.9 Å². The van der Waals surface area contributed by atoms with Crippen molar-refractivity contribution in [2.75, 3.05) is 50.1 Å². The summed E-state index contributed by atoms with van der Waals surface area (Å²) in [5.41, 5.74) is 3.17. The monoisotopic (exact) mass is 547 g/mol. The summed E-state index contributed by atoms with van der Waals surface area (Å²) in [7, 11) is 0. The first-order valence-electron chi connectivity index (χ1n) is 12.9. The van der Waals surface area contributed by atoms with Crippen LogP contribution in [0.3, 0.4) is 0 Å². The summed E-state index contributed by atoms with van der Waals surface area (Å²) >= 11 is 1.48. The number of carbonyl (C=O) groups excluding carboxylic acids is 1. The van der Waals surface area contributed by atoms with Gasteiger partial charge in [-0.2, -0.15) is 0 Å². The van der Waals surface area contributed by atoms with Crippen molar-refractivity contribution in [3.8, 4) is 22.7 Å². The number of morpholine rings is 1. The summed E-state index contributed by atoms with van der Waals surface area (Å²) in [5, 5.41) is 14.8. The lowest BCUT2D eigenvalue weighted by Gasteiger charge is -2.26. The number of rotatable bonds is 8. The van der Waals surface area contributed by atoms with Crippen LogP contribution in [-0.4, -0.2) is 70.4 Å². The van der Waals surface area contributed by atoms with Crippen molar-refractivity contribution >= 4 is 28.2 Å². The first kappa shape index (κ1) is 26.8. The Labute approximate surface area is 232 Å². The summed E-state index contributed by atoms with van der Waals surface area (Å²) < 4.78 is 13.0. The van der Waals surface area contributed by atoms with Gasteiger partial charge < -0.3 is 14.8 Å². The molecule has 2 amide bonds. The number of benzene rings is 2. The molecule has 1 saturated heterocycles. The van der Waals surface area contributed by atoms with Crippen LogP contribution in [0.5, 0.6) is 5.75 Å². The van der Waals surface area contributed by atoms with Gasteiger partial charge in [0.2, 0.25) is 0 Å². The van der Waals surface area contributed by atoms with Gasteiger partial charge in [0.05, 0.1) is 25.1 Å². The molecule has 39 heavy (non-hydrogen) atoms. The summed E-state index contributed by atoms with van der Waals surface area (Å²) in [6, 6.07) is 14.9. The third-order valence-electron chi connectivity index (χ3n) is 6.28. The Kier molecular flexibility index (Phi) is 8.20. The van der Waals surface area contributed by atoms with Crippen molar-refractivity contribution in [2.45, 2.75) is 26.2 Å². The molecule has 2 aromatic heterocycles. The van der Waals surface area contributed by atoms with Gasteiger partial charge in [0.25, 0.3) is 0 Å². The number of amides is 2. The van der Waals surface area contributed by atoms with E-state index in [-0.39, 0.29) is 11.4 Å². The van der Waals surface area contributed by atoms with Gasteiger partial charge in [-0.1, -0.05) is 38.1 Å². The van der Waals surface area contributed by atoms with E-state index in [4.69, 9.17) is 9.47 Å². The number of aromatic nitrogens is 4. The zero-order valence-corrected chi connectivity index (χ0v) is 23.2. The lowest BCUT2D eigenvalue weighted by molar-refractivity contribution is 0.0322. The Morgan fingerprint density at radius 2 is 1.79 bits per heavy atom. The van der Waals surface area contributed by atoms with E-state index in [9.17, 15) is 4.79 Å². The first-order valence-corrected chi connectivity index (χ1v) is 13.8. The fourth-order valence-electron chi connectivity index (χ4n) is 4.00. The van der Waals surface area contributed by atoms with Crippen LogP contribution < -0.4 is 15.4 Å². The number of anilines is 2. The predicted molar refractivity (Wildman–Crippen MR) is 153 cm³/mol. The smallest absolute Gasteiger partial charge is 0.325 e. The van der Waals surface area contributed by atoms with Gasteiger partial charge in [0.15, 0.2) is 5.13 Å². The molecule has 10 nitrogen and oxygen atoms in total. The highest BCUT2D eigenvalue weighted by Crippen LogP contribution is 2.30. The summed E-state index contributed by atoms with van der Waals surface area (Å²) in [5.74, 6) is 0.823. The van der Waals surface area contributed by atoms with E-state index in [0.717, 1.165) is 60.4 Å². The lowest BCUT2D eigenvalue weighted by atomic mass is 9.96. The largest absolute Gasteiger partial charge is 0.492 e. The van der Waals surface area contributed by atoms with Crippen LogP contribution in [0.2, 0.25) is 0 Å². The first-order chi connectivity index (χ1) is 18.8. The van der Waals surface area contributed by atoms with Crippen molar-refractivity contribution in [1.29, 1.82) is 0 Å². The SMILES string of the molecule is CC(C)(C)c1cnc(NC(=O)Nc2ccc(-c3cn(-c4ccc(OCCN5CCOCC5)cc4)nn3)cc2)s1. The molecule has 1 fully saturated rings. The second-order valence-corrected chi connectivity index (χ2v) is 11.3. The average molecular weight is 548 g/mol. The van der Waals surface area contributed by atoms with Crippen LogP contribution in [0.1, 0.15) is 25.6 Å². The zero-order valence-electron chi connectivity index (χ0n) is 22.4. The third-order valence-corrected chi connectivity index (χ3v) is 7.62. The number of thiazole rings is 1. The molecule has 11 heteroatoms. The highest BCUT2D eigenvalue weighted by Gasteiger charge is 2.18. The van der Waals surface area contributed by atoms with Crippen LogP contribution in [0, 0.1) is 0 Å². The number of nitrogens with zero attached hydrogens (tertiary/aromatic N) is 5. The number of urea groups is 1. The molecule has 1 aliphatic heterocycles. The van der Waals surface area contributed by atoms with E-state index in [1.165, 1.54) is 11.3 Å². The maximum absolute atomic E-state index is 12.4. The zero-order chi connectivity index (χ0) is 27.2. The number of nitrogens with one attached hydrogen (secondary N) is 2. The van der Waals surface area contributed by atoms with E-state index in [1.807, 2.05) is 54.7 Å². The van der Waals surface area contributed by atoms with Crippen LogP contribution >= 0.6 is 11.3 Å². The van der Waals surface area contributed by atoms with Crippen LogP contribution in [0.4, 0.5) is 15.6 Å². The molecule has 2 N–H and O–H groups in total. The van der Waals surface area contributed by atoms with E-state index < -0.39 is 0 Å². The van der Waals surface area contributed by atoms with Crippen molar-refractivity contribution in [2.24, 2.45) is 0 Å². The van der Waals surface area contributed by atoms with Crippen molar-refractivity contribution in [3.05, 3.63) is 65.8 Å². The molecule has 5 rings (SSSR count). The molecule has 4 aromatic rings. The fraction of sp³-hybridized carbons (Fsp3) is 0.357. The molecule has 0 saturated carbocycles. The van der Waals surface area contributed by atoms with Crippen molar-refractivity contribution in [1.82, 2.24) is 24.9 Å². The summed E-state index contributed by atoms with van der Waals surface area (Å²) in [6.45, 7) is 11.4. The lowest BCUT2D eigenvalue weighted by Crippen LogP contribution is -2.38. The van der Waals surface area contributed by atoms with E-state index in [2.05, 4.69) is 51.6 Å². The van der Waals surface area contributed by atoms with Gasteiger partial charge in [-0.3, -0.25) is 10.2 Å². The van der Waals surface area contributed by atoms with Crippen molar-refractivity contribution in [3.63, 3.8) is 0 Å². The van der Waals surface area contributed by atoms with Crippen LogP contribution in [0.15, 0.2) is 60.9 Å². The molecule has 0 aliphatic carbocycles. The number of ether oxygens (including phenoxy) is 2. The summed E-state index contributed by atoms with van der Waals surface area (Å²) in [4.78, 5) is 20.2. The molecule has 0 unspecified atom stereocenters. The van der Waals surface area contributed by atoms with E-state index in [0.29, 0.717) is 17.4 Å². The standard InChI is InChI=1S/C28H33N7O3S/c1-28(2,3)25-18-29-27(39-25)31-26(36)30-21-6-4-20(5-7-21)24-19-35(33-32-24)22-8-10-23(11-9-22)38-17-14-34-12-15-37-16-13-34/h4-11,18-19H,12-17H2,1-3H3,(H2,29,30,31,36). The summed E-state index contributed by atoms with van der Waals surface area (Å²) in [6.07, 6.45) is 3.68. The Bertz CT molecular complexity index is 1370.